The molecule has 10 nitrogen and oxygen atoms in total. The molecule has 1 aliphatic rings. The van der Waals surface area contributed by atoms with E-state index in [1.165, 1.54) is 35.8 Å². The Balaban J connectivity index is 0.00000481. The Bertz CT molecular complexity index is 1250. The second-order valence-electron chi connectivity index (χ2n) is 8.29. The van der Waals surface area contributed by atoms with Crippen molar-refractivity contribution in [3.63, 3.8) is 0 Å². The van der Waals surface area contributed by atoms with Crippen LogP contribution in [0.25, 0.3) is 10.4 Å². The number of halogens is 2. The van der Waals surface area contributed by atoms with Gasteiger partial charge in [-0.1, -0.05) is 26.0 Å². The van der Waals surface area contributed by atoms with Crippen LogP contribution in [0.15, 0.2) is 40.6 Å². The third kappa shape index (κ3) is 7.47. The molecule has 208 valence electrons. The average Bonchev–Trinajstić information content (AvgIpc) is 3.37. The van der Waals surface area contributed by atoms with Crippen molar-refractivity contribution in [2.45, 2.75) is 30.5 Å². The number of rotatable bonds is 11. The summed E-state index contributed by atoms with van der Waals surface area (Å²) in [5.41, 5.74) is 2.10. The highest BCUT2D eigenvalue weighted by Gasteiger charge is 2.43. The van der Waals surface area contributed by atoms with Gasteiger partial charge in [0.15, 0.2) is 0 Å². The van der Waals surface area contributed by atoms with Crippen molar-refractivity contribution in [1.29, 1.82) is 0 Å². The third-order valence-corrected chi connectivity index (χ3v) is 11.6. The van der Waals surface area contributed by atoms with E-state index in [9.17, 15) is 31.2 Å². The number of thiophene rings is 1. The van der Waals surface area contributed by atoms with E-state index in [0.717, 1.165) is 33.0 Å². The standard InChI is InChI=1S/C22H31FN4O6S3.ClH/c1-3-25(4-2)12-5-15-35(30,31)26-13-14-27(19(16-26)22(28)24-29)36(32,33)21-11-10-20(34-21)17-6-8-18(23)9-7-17;/h6-11,19,29H,3-5,12-16H2,1-2H3,(H,24,28);1H/t19-;/m1./s1. The third-order valence-electron chi connectivity index (χ3n) is 6.14. The molecule has 1 amide bonds. The number of carbonyl (C=O) groups is 1. The number of carbonyl (C=O) groups excluding carboxylic acids is 1. The van der Waals surface area contributed by atoms with E-state index in [2.05, 4.69) is 4.90 Å². The summed E-state index contributed by atoms with van der Waals surface area (Å²) in [6.45, 7) is 5.43. The second kappa shape index (κ2) is 13.4. The van der Waals surface area contributed by atoms with Gasteiger partial charge in [0.05, 0.1) is 5.75 Å². The van der Waals surface area contributed by atoms with Gasteiger partial charge in [0, 0.05) is 24.5 Å². The van der Waals surface area contributed by atoms with Crippen molar-refractivity contribution in [1.82, 2.24) is 19.0 Å². The molecule has 15 heteroatoms. The van der Waals surface area contributed by atoms with Gasteiger partial charge in [-0.3, -0.25) is 10.0 Å². The van der Waals surface area contributed by atoms with Gasteiger partial charge in [0.1, 0.15) is 16.1 Å². The monoisotopic (exact) mass is 598 g/mol. The Kier molecular flexibility index (Phi) is 11.5. The van der Waals surface area contributed by atoms with Crippen molar-refractivity contribution in [3.05, 3.63) is 42.2 Å². The molecule has 3 rings (SSSR count). The van der Waals surface area contributed by atoms with Crippen LogP contribution in [0.1, 0.15) is 20.3 Å². The Morgan fingerprint density at radius 1 is 1.11 bits per heavy atom. The Hall–Kier alpha value is -1.65. The van der Waals surface area contributed by atoms with Crippen LogP contribution in [0, 0.1) is 5.82 Å². The lowest BCUT2D eigenvalue weighted by Crippen LogP contribution is -2.61. The number of nitrogens with zero attached hydrogens (tertiary/aromatic N) is 3. The maximum Gasteiger partial charge on any atom is 0.263 e. The number of amides is 1. The molecule has 0 aliphatic carbocycles. The number of hydroxylamine groups is 1. The van der Waals surface area contributed by atoms with Crippen molar-refractivity contribution in [2.75, 3.05) is 45.0 Å². The summed E-state index contributed by atoms with van der Waals surface area (Å²) in [7, 11) is -7.93. The van der Waals surface area contributed by atoms with Crippen molar-refractivity contribution >= 4 is 49.7 Å². The van der Waals surface area contributed by atoms with Gasteiger partial charge in [-0.05, 0) is 55.9 Å². The number of hydrogen-bond acceptors (Lipinski definition) is 8. The zero-order valence-corrected chi connectivity index (χ0v) is 23.8. The second-order valence-corrected chi connectivity index (χ2v) is 13.6. The molecule has 1 aromatic heterocycles. The molecule has 1 aliphatic heterocycles. The summed E-state index contributed by atoms with van der Waals surface area (Å²) in [5.74, 6) is -1.56. The smallest absolute Gasteiger partial charge is 0.263 e. The average molecular weight is 599 g/mol. The van der Waals surface area contributed by atoms with Crippen LogP contribution in [0.3, 0.4) is 0 Å². The molecule has 37 heavy (non-hydrogen) atoms. The number of benzene rings is 1. The Morgan fingerprint density at radius 2 is 1.76 bits per heavy atom. The Morgan fingerprint density at radius 3 is 2.35 bits per heavy atom. The van der Waals surface area contributed by atoms with E-state index in [1.54, 1.807) is 6.07 Å². The van der Waals surface area contributed by atoms with E-state index >= 15 is 0 Å². The van der Waals surface area contributed by atoms with Crippen molar-refractivity contribution in [3.8, 4) is 10.4 Å². The van der Waals surface area contributed by atoms with Crippen LogP contribution in [-0.2, 0) is 24.8 Å². The lowest BCUT2D eigenvalue weighted by molar-refractivity contribution is -0.134. The molecule has 1 aromatic carbocycles. The summed E-state index contributed by atoms with van der Waals surface area (Å²) in [5, 5.41) is 9.24. The fraction of sp³-hybridized carbons (Fsp3) is 0.500. The van der Waals surface area contributed by atoms with E-state index < -0.39 is 44.4 Å². The molecule has 0 unspecified atom stereocenters. The SMILES string of the molecule is CCN(CC)CCCS(=O)(=O)N1CCN(S(=O)(=O)c2ccc(-c3ccc(F)cc3)s2)[C@@H](C(=O)NO)C1.Cl. The highest BCUT2D eigenvalue weighted by molar-refractivity contribution is 7.91. The van der Waals surface area contributed by atoms with Crippen LogP contribution < -0.4 is 5.48 Å². The molecular weight excluding hydrogens is 567 g/mol. The maximum absolute atomic E-state index is 13.4. The Labute approximate surface area is 227 Å². The van der Waals surface area contributed by atoms with E-state index in [-0.39, 0.29) is 35.5 Å². The number of nitrogens with one attached hydrogen (secondary N) is 1. The molecule has 1 atom stereocenters. The normalized spacial score (nSPS) is 17.5. The van der Waals surface area contributed by atoms with Gasteiger partial charge in [0.2, 0.25) is 10.0 Å². The first-order chi connectivity index (χ1) is 17.0. The fourth-order valence-electron chi connectivity index (χ4n) is 4.05. The lowest BCUT2D eigenvalue weighted by atomic mass is 10.2. The van der Waals surface area contributed by atoms with Gasteiger partial charge in [-0.2, -0.15) is 8.61 Å². The molecule has 0 spiro atoms. The largest absolute Gasteiger partial charge is 0.304 e. The molecule has 2 heterocycles. The van der Waals surface area contributed by atoms with E-state index in [0.29, 0.717) is 23.4 Å². The molecule has 0 radical (unpaired) electrons. The molecule has 2 N–H and O–H groups in total. The van der Waals surface area contributed by atoms with Crippen LogP contribution in [0.4, 0.5) is 4.39 Å². The van der Waals surface area contributed by atoms with Gasteiger partial charge < -0.3 is 4.90 Å². The van der Waals surface area contributed by atoms with Gasteiger partial charge >= 0.3 is 0 Å². The molecule has 1 fully saturated rings. The molecular formula is C22H32ClFN4O6S3. The number of sulfonamides is 2. The quantitative estimate of drug-likeness (QED) is 0.300. The minimum absolute atomic E-state index is 0. The van der Waals surface area contributed by atoms with Gasteiger partial charge in [-0.25, -0.2) is 26.7 Å². The van der Waals surface area contributed by atoms with Crippen molar-refractivity contribution in [2.24, 2.45) is 0 Å². The summed E-state index contributed by atoms with van der Waals surface area (Å²) in [6.07, 6.45) is 0.404. The fourth-order valence-corrected chi connectivity index (χ4v) is 8.54. The van der Waals surface area contributed by atoms with E-state index in [1.807, 2.05) is 13.8 Å². The first-order valence-corrected chi connectivity index (χ1v) is 15.4. The summed E-state index contributed by atoms with van der Waals surface area (Å²) in [6, 6.07) is 7.14. The predicted molar refractivity (Wildman–Crippen MR) is 142 cm³/mol. The number of hydrogen-bond donors (Lipinski definition) is 2. The zero-order valence-electron chi connectivity index (χ0n) is 20.5. The summed E-state index contributed by atoms with van der Waals surface area (Å²) >= 11 is 0.955. The highest BCUT2D eigenvalue weighted by Crippen LogP contribution is 2.34. The van der Waals surface area contributed by atoms with E-state index in [4.69, 9.17) is 0 Å². The minimum Gasteiger partial charge on any atom is -0.304 e. The van der Waals surface area contributed by atoms with Crippen LogP contribution in [0.5, 0.6) is 0 Å². The maximum atomic E-state index is 13.4. The zero-order chi connectivity index (χ0) is 26.5. The molecule has 0 saturated carbocycles. The van der Waals surface area contributed by atoms with Crippen LogP contribution in [0.2, 0.25) is 0 Å². The number of piperazine rings is 1. The molecule has 1 saturated heterocycles. The molecule has 2 aromatic rings. The minimum atomic E-state index is -4.19. The van der Waals surface area contributed by atoms with Crippen LogP contribution >= 0.6 is 23.7 Å². The molecule has 0 bridgehead atoms. The first kappa shape index (κ1) is 31.6. The lowest BCUT2D eigenvalue weighted by Gasteiger charge is -2.38. The summed E-state index contributed by atoms with van der Waals surface area (Å²) < 4.78 is 67.9. The topological polar surface area (TPSA) is 127 Å². The highest BCUT2D eigenvalue weighted by atomic mass is 35.5. The van der Waals surface area contributed by atoms with Crippen molar-refractivity contribution < 1.29 is 31.2 Å². The van der Waals surface area contributed by atoms with Gasteiger partial charge in [0.25, 0.3) is 15.9 Å². The predicted octanol–water partition coefficient (Wildman–Crippen LogP) is 2.22. The van der Waals surface area contributed by atoms with Crippen LogP contribution in [-0.4, -0.2) is 92.5 Å². The summed E-state index contributed by atoms with van der Waals surface area (Å²) in [4.78, 5) is 15.1. The van der Waals surface area contributed by atoms with Gasteiger partial charge in [-0.15, -0.1) is 23.7 Å². The first-order valence-electron chi connectivity index (χ1n) is 11.5.